The molecule has 3 nitrogen and oxygen atoms in total. The molecule has 0 aromatic rings. The van der Waals surface area contributed by atoms with Crippen molar-refractivity contribution in [3.8, 4) is 0 Å². The summed E-state index contributed by atoms with van der Waals surface area (Å²) >= 11 is 0. The summed E-state index contributed by atoms with van der Waals surface area (Å²) in [6, 6.07) is 0.662. The summed E-state index contributed by atoms with van der Waals surface area (Å²) in [5.41, 5.74) is 0.414. The minimum atomic E-state index is -0.262. The normalized spacial score (nSPS) is 32.0. The van der Waals surface area contributed by atoms with Gasteiger partial charge in [0.1, 0.15) is 0 Å². The third-order valence-corrected chi connectivity index (χ3v) is 7.56. The first-order valence-corrected chi connectivity index (χ1v) is 10.8. The minimum Gasteiger partial charge on any atom is -0.347 e. The molecule has 3 heteroatoms. The van der Waals surface area contributed by atoms with E-state index in [0.29, 0.717) is 11.5 Å². The molecule has 0 bridgehead atoms. The molecular weight excluding hydrogens is 310 g/mol. The van der Waals surface area contributed by atoms with Crippen LogP contribution in [0, 0.1) is 17.3 Å². The van der Waals surface area contributed by atoms with E-state index in [9.17, 15) is 0 Å². The maximum Gasteiger partial charge on any atom is 0.168 e. The Hall–Kier alpha value is -0.120. The summed E-state index contributed by atoms with van der Waals surface area (Å²) in [7, 11) is 0. The van der Waals surface area contributed by atoms with Crippen LogP contribution in [0.4, 0.5) is 0 Å². The smallest absolute Gasteiger partial charge is 0.168 e. The lowest BCUT2D eigenvalue weighted by atomic mass is 9.64. The average Bonchev–Trinajstić information content (AvgIpc) is 2.98. The van der Waals surface area contributed by atoms with Crippen molar-refractivity contribution in [2.24, 2.45) is 17.3 Å². The van der Waals surface area contributed by atoms with Crippen LogP contribution >= 0.6 is 0 Å². The molecule has 0 radical (unpaired) electrons. The van der Waals surface area contributed by atoms with Crippen molar-refractivity contribution in [1.29, 1.82) is 0 Å². The lowest BCUT2D eigenvalue weighted by Gasteiger charge is -2.44. The maximum atomic E-state index is 6.47. The van der Waals surface area contributed by atoms with Gasteiger partial charge in [-0.05, 0) is 56.4 Å². The molecule has 0 aromatic heterocycles. The Labute approximate surface area is 156 Å². The molecule has 25 heavy (non-hydrogen) atoms. The zero-order valence-corrected chi connectivity index (χ0v) is 17.9. The molecule has 0 aromatic carbocycles. The van der Waals surface area contributed by atoms with Crippen molar-refractivity contribution < 1.29 is 9.47 Å². The summed E-state index contributed by atoms with van der Waals surface area (Å²) in [6.45, 7) is 19.5. The predicted octanol–water partition coefficient (Wildman–Crippen LogP) is 5.48. The van der Waals surface area contributed by atoms with Crippen molar-refractivity contribution in [3.63, 3.8) is 0 Å². The van der Waals surface area contributed by atoms with Crippen LogP contribution in [-0.2, 0) is 9.47 Å². The van der Waals surface area contributed by atoms with Crippen LogP contribution in [0.5, 0.6) is 0 Å². The highest BCUT2D eigenvalue weighted by atomic mass is 16.7. The molecule has 0 amide bonds. The Morgan fingerprint density at radius 2 is 1.76 bits per heavy atom. The van der Waals surface area contributed by atoms with Crippen LogP contribution < -0.4 is 0 Å². The standard InChI is InChI=1S/C22H43NO2/c1-8-18(5)23(9-2)15-12-20-16-24-22(25-20)13-10-19(11-14-22)21(6,7)17(3)4/h17-20H,8-16H2,1-7H3. The van der Waals surface area contributed by atoms with Gasteiger partial charge in [-0.2, -0.15) is 0 Å². The van der Waals surface area contributed by atoms with E-state index in [-0.39, 0.29) is 11.9 Å². The predicted molar refractivity (Wildman–Crippen MR) is 106 cm³/mol. The molecule has 1 aliphatic carbocycles. The molecule has 1 spiro atoms. The summed E-state index contributed by atoms with van der Waals surface area (Å²) in [5, 5.41) is 0. The lowest BCUT2D eigenvalue weighted by molar-refractivity contribution is -0.198. The number of hydrogen-bond donors (Lipinski definition) is 0. The van der Waals surface area contributed by atoms with Crippen LogP contribution in [0.3, 0.4) is 0 Å². The van der Waals surface area contributed by atoms with Gasteiger partial charge in [-0.1, -0.05) is 41.5 Å². The van der Waals surface area contributed by atoms with Crippen LogP contribution in [0.15, 0.2) is 0 Å². The first-order valence-electron chi connectivity index (χ1n) is 10.8. The fraction of sp³-hybridized carbons (Fsp3) is 1.00. The fourth-order valence-corrected chi connectivity index (χ4v) is 4.55. The molecule has 2 fully saturated rings. The van der Waals surface area contributed by atoms with Gasteiger partial charge in [-0.15, -0.1) is 0 Å². The van der Waals surface area contributed by atoms with Crippen LogP contribution in [-0.4, -0.2) is 42.5 Å². The van der Waals surface area contributed by atoms with Gasteiger partial charge in [0.15, 0.2) is 5.79 Å². The van der Waals surface area contributed by atoms with Gasteiger partial charge in [-0.25, -0.2) is 0 Å². The number of rotatable bonds is 8. The van der Waals surface area contributed by atoms with E-state index >= 15 is 0 Å². The van der Waals surface area contributed by atoms with Gasteiger partial charge >= 0.3 is 0 Å². The highest BCUT2D eigenvalue weighted by Crippen LogP contribution is 2.48. The first-order chi connectivity index (χ1) is 11.7. The number of nitrogens with zero attached hydrogens (tertiary/aromatic N) is 1. The zero-order chi connectivity index (χ0) is 18.7. The number of hydrogen-bond acceptors (Lipinski definition) is 3. The first kappa shape index (κ1) is 21.2. The van der Waals surface area contributed by atoms with Crippen LogP contribution in [0.1, 0.15) is 87.0 Å². The van der Waals surface area contributed by atoms with E-state index in [1.165, 1.54) is 19.3 Å². The Morgan fingerprint density at radius 3 is 2.28 bits per heavy atom. The van der Waals surface area contributed by atoms with E-state index in [1.54, 1.807) is 0 Å². The molecule has 1 saturated carbocycles. The van der Waals surface area contributed by atoms with E-state index < -0.39 is 0 Å². The van der Waals surface area contributed by atoms with Crippen molar-refractivity contribution >= 4 is 0 Å². The summed E-state index contributed by atoms with van der Waals surface area (Å²) in [5.74, 6) is 1.26. The van der Waals surface area contributed by atoms with Crippen molar-refractivity contribution in [2.45, 2.75) is 105 Å². The van der Waals surface area contributed by atoms with Crippen LogP contribution in [0.2, 0.25) is 0 Å². The Bertz CT molecular complexity index is 399. The highest BCUT2D eigenvalue weighted by Gasteiger charge is 2.47. The second-order valence-corrected chi connectivity index (χ2v) is 9.39. The third kappa shape index (κ3) is 4.99. The monoisotopic (exact) mass is 353 g/mol. The molecule has 2 aliphatic rings. The third-order valence-electron chi connectivity index (χ3n) is 7.56. The highest BCUT2D eigenvalue weighted by molar-refractivity contribution is 4.91. The molecule has 2 unspecified atom stereocenters. The summed E-state index contributed by atoms with van der Waals surface area (Å²) < 4.78 is 12.7. The fourth-order valence-electron chi connectivity index (χ4n) is 4.55. The largest absolute Gasteiger partial charge is 0.347 e. The van der Waals surface area contributed by atoms with Gasteiger partial charge in [-0.3, -0.25) is 0 Å². The minimum absolute atomic E-state index is 0.262. The zero-order valence-electron chi connectivity index (χ0n) is 17.9. The van der Waals surface area contributed by atoms with E-state index in [2.05, 4.69) is 53.4 Å². The van der Waals surface area contributed by atoms with Crippen LogP contribution in [0.25, 0.3) is 0 Å². The quantitative estimate of drug-likeness (QED) is 0.576. The Balaban J connectivity index is 1.81. The topological polar surface area (TPSA) is 21.7 Å². The SMILES string of the molecule is CCC(C)N(CC)CCC1COC2(CCC(C(C)(C)C(C)C)CC2)O1. The van der Waals surface area contributed by atoms with Crippen molar-refractivity contribution in [3.05, 3.63) is 0 Å². The van der Waals surface area contributed by atoms with Gasteiger partial charge < -0.3 is 14.4 Å². The summed E-state index contributed by atoms with van der Waals surface area (Å²) in [6.07, 6.45) is 7.24. The van der Waals surface area contributed by atoms with Crippen molar-refractivity contribution in [2.75, 3.05) is 19.7 Å². The molecule has 2 atom stereocenters. The second-order valence-electron chi connectivity index (χ2n) is 9.39. The molecule has 1 saturated heterocycles. The Morgan fingerprint density at radius 1 is 1.12 bits per heavy atom. The maximum absolute atomic E-state index is 6.47. The van der Waals surface area contributed by atoms with Gasteiger partial charge in [0.05, 0.1) is 12.7 Å². The van der Waals surface area contributed by atoms with Gasteiger partial charge in [0, 0.05) is 25.4 Å². The molecule has 148 valence electrons. The van der Waals surface area contributed by atoms with Gasteiger partial charge in [0.25, 0.3) is 0 Å². The lowest BCUT2D eigenvalue weighted by Crippen LogP contribution is -2.41. The van der Waals surface area contributed by atoms with Gasteiger partial charge in [0.2, 0.25) is 0 Å². The molecular formula is C22H43NO2. The second kappa shape index (κ2) is 8.71. The number of ether oxygens (including phenoxy) is 2. The Kier molecular flexibility index (Phi) is 7.38. The van der Waals surface area contributed by atoms with E-state index in [0.717, 1.165) is 50.8 Å². The molecule has 1 aliphatic heterocycles. The molecule has 2 rings (SSSR count). The molecule has 0 N–H and O–H groups in total. The van der Waals surface area contributed by atoms with E-state index in [4.69, 9.17) is 9.47 Å². The molecule has 1 heterocycles. The summed E-state index contributed by atoms with van der Waals surface area (Å²) in [4.78, 5) is 2.57. The average molecular weight is 354 g/mol. The van der Waals surface area contributed by atoms with E-state index in [1.807, 2.05) is 0 Å². The van der Waals surface area contributed by atoms with Crippen molar-refractivity contribution in [1.82, 2.24) is 4.90 Å².